The van der Waals surface area contributed by atoms with E-state index in [0.717, 1.165) is 33.7 Å². The first-order chi connectivity index (χ1) is 37.5. The van der Waals surface area contributed by atoms with Gasteiger partial charge in [-0.25, -0.2) is 23.7 Å². The number of benzene rings is 5. The highest BCUT2D eigenvalue weighted by molar-refractivity contribution is 7.46. The normalized spacial score (nSPS) is 21.2. The largest absolute Gasteiger partial charge is 0.497 e. The molecule has 2 fully saturated rings. The number of nitrogens with one attached hydrogen (secondary N) is 2. The van der Waals surface area contributed by atoms with Gasteiger partial charge in [-0.3, -0.25) is 33.2 Å². The zero-order valence-electron chi connectivity index (χ0n) is 40.8. The van der Waals surface area contributed by atoms with Crippen LogP contribution in [0, 0.1) is 0 Å². The topological polar surface area (TPSA) is 284 Å². The Balaban J connectivity index is 1.08. The van der Waals surface area contributed by atoms with E-state index in [9.17, 15) is 43.1 Å². The third-order valence-electron chi connectivity index (χ3n) is 12.7. The summed E-state index contributed by atoms with van der Waals surface area (Å²) in [6, 6.07) is 39.6. The lowest BCUT2D eigenvalue weighted by molar-refractivity contribution is -0.159. The molecule has 0 radical (unpaired) electrons. The molecule has 406 valence electrons. The van der Waals surface area contributed by atoms with E-state index < -0.39 is 110 Å². The van der Waals surface area contributed by atoms with Crippen molar-refractivity contribution in [2.45, 2.75) is 54.7 Å². The van der Waals surface area contributed by atoms with Crippen molar-refractivity contribution in [3.8, 4) is 5.75 Å². The van der Waals surface area contributed by atoms with Gasteiger partial charge in [0.15, 0.2) is 24.7 Å². The van der Waals surface area contributed by atoms with Gasteiger partial charge in [-0.05, 0) is 53.1 Å². The van der Waals surface area contributed by atoms with Crippen LogP contribution in [0.1, 0.15) is 49.9 Å². The highest BCUT2D eigenvalue weighted by atomic mass is 35.5. The first-order valence-electron chi connectivity index (χ1n) is 23.7. The van der Waals surface area contributed by atoms with Gasteiger partial charge >= 0.3 is 31.1 Å². The molecule has 0 spiro atoms. The summed E-state index contributed by atoms with van der Waals surface area (Å²) in [6.45, 7) is -1.83. The van der Waals surface area contributed by atoms with E-state index in [1.165, 1.54) is 37.4 Å². The molecule has 4 heterocycles. The number of hydrogen-bond acceptors (Lipinski definition) is 16. The van der Waals surface area contributed by atoms with Gasteiger partial charge in [0.25, 0.3) is 11.1 Å². The van der Waals surface area contributed by atoms with Crippen molar-refractivity contribution in [3.63, 3.8) is 0 Å². The molecule has 2 aromatic heterocycles. The smallest absolute Gasteiger partial charge is 0.470 e. The number of hydrogen-bond donors (Lipinski definition) is 4. The summed E-state index contributed by atoms with van der Waals surface area (Å²) in [5, 5.41) is -0.0184. The van der Waals surface area contributed by atoms with Crippen LogP contribution >= 0.6 is 31.0 Å². The van der Waals surface area contributed by atoms with Crippen molar-refractivity contribution in [1.29, 1.82) is 0 Å². The Hall–Kier alpha value is -7.31. The fourth-order valence-electron chi connectivity index (χ4n) is 9.17. The molecule has 2 saturated heterocycles. The SMILES string of the molecule is COc1ccc(C(OC[C@H]2O[C@@H](n3ccc(=O)[nH]c3=O)[C@H](OC(=O)c3ccccc3Cl)[C@@H]2OCOC[C@H]2O[C@@H](n3ccc(=O)[nH]c3=O)[C@H](OC(=O)c3ccccc3Cl)[C@@H]2OP(=O)(O)O)(c2ccccc2)c2ccccc2)cc1. The van der Waals surface area contributed by atoms with Crippen molar-refractivity contribution in [1.82, 2.24) is 19.1 Å². The van der Waals surface area contributed by atoms with Gasteiger partial charge in [-0.1, -0.05) is 120 Å². The molecule has 22 nitrogen and oxygen atoms in total. The molecule has 78 heavy (non-hydrogen) atoms. The first kappa shape index (κ1) is 55.4. The van der Waals surface area contributed by atoms with Crippen molar-refractivity contribution < 1.29 is 66.4 Å². The quantitative estimate of drug-likeness (QED) is 0.0241. The van der Waals surface area contributed by atoms with Gasteiger partial charge in [0.1, 0.15) is 42.6 Å². The maximum atomic E-state index is 14.2. The van der Waals surface area contributed by atoms with Crippen LogP contribution in [0.5, 0.6) is 5.75 Å². The molecular weight excluding hydrogens is 1080 g/mol. The Morgan fingerprint density at radius 1 is 0.603 bits per heavy atom. The Bertz CT molecular complexity index is 3500. The molecule has 5 aromatic carbocycles. The number of phosphoric ester groups is 1. The maximum absolute atomic E-state index is 14.2. The zero-order valence-corrected chi connectivity index (χ0v) is 43.2. The molecule has 8 atom stereocenters. The maximum Gasteiger partial charge on any atom is 0.470 e. The highest BCUT2D eigenvalue weighted by Crippen LogP contribution is 2.46. The molecule has 0 bridgehead atoms. The Morgan fingerprint density at radius 3 is 1.51 bits per heavy atom. The minimum absolute atomic E-state index is 0.0248. The number of phosphoric acid groups is 1. The minimum Gasteiger partial charge on any atom is -0.497 e. The van der Waals surface area contributed by atoms with Gasteiger partial charge in [-0.15, -0.1) is 0 Å². The number of methoxy groups -OCH3 is 1. The van der Waals surface area contributed by atoms with Crippen LogP contribution < -0.4 is 27.2 Å². The van der Waals surface area contributed by atoms with E-state index in [4.69, 9.17) is 65.6 Å². The lowest BCUT2D eigenvalue weighted by atomic mass is 9.80. The number of aromatic amines is 2. The van der Waals surface area contributed by atoms with Crippen molar-refractivity contribution in [3.05, 3.63) is 238 Å². The van der Waals surface area contributed by atoms with Crippen LogP contribution in [-0.2, 0) is 47.8 Å². The summed E-state index contributed by atoms with van der Waals surface area (Å²) >= 11 is 12.8. The third kappa shape index (κ3) is 12.2. The highest BCUT2D eigenvalue weighted by Gasteiger charge is 2.54. The second-order valence-corrected chi connectivity index (χ2v) is 19.5. The number of esters is 2. The fourth-order valence-corrected chi connectivity index (χ4v) is 10.2. The number of H-pyrrole nitrogens is 2. The molecule has 9 rings (SSSR count). The first-order valence-corrected chi connectivity index (χ1v) is 26.0. The van der Waals surface area contributed by atoms with Gasteiger partial charge < -0.3 is 47.7 Å². The molecular formula is C53H47Cl2N4O18P. The Morgan fingerprint density at radius 2 is 1.05 bits per heavy atom. The average molecular weight is 1130 g/mol. The van der Waals surface area contributed by atoms with E-state index in [0.29, 0.717) is 22.4 Å². The summed E-state index contributed by atoms with van der Waals surface area (Å²) < 4.78 is 69.4. The number of ether oxygens (including phenoxy) is 8. The van der Waals surface area contributed by atoms with Crippen molar-refractivity contribution >= 4 is 43.0 Å². The Labute approximate surface area is 451 Å². The minimum atomic E-state index is -5.48. The molecule has 0 amide bonds. The zero-order chi connectivity index (χ0) is 55.1. The molecule has 0 aliphatic carbocycles. The summed E-state index contributed by atoms with van der Waals surface area (Å²) in [6.07, 6.45) is -10.7. The van der Waals surface area contributed by atoms with Crippen LogP contribution in [0.3, 0.4) is 0 Å². The number of halogens is 2. The number of carbonyl (C=O) groups excluding carboxylic acids is 2. The molecule has 25 heteroatoms. The molecule has 4 N–H and O–H groups in total. The lowest BCUT2D eigenvalue weighted by Gasteiger charge is -2.37. The fraction of sp³-hybridized carbons (Fsp3) is 0.245. The lowest BCUT2D eigenvalue weighted by Crippen LogP contribution is -2.44. The van der Waals surface area contributed by atoms with E-state index in [1.54, 1.807) is 30.3 Å². The number of nitrogens with zero attached hydrogens (tertiary/aromatic N) is 2. The van der Waals surface area contributed by atoms with Gasteiger partial charge in [-0.2, -0.15) is 0 Å². The van der Waals surface area contributed by atoms with Crippen LogP contribution in [0.25, 0.3) is 0 Å². The van der Waals surface area contributed by atoms with Gasteiger partial charge in [0, 0.05) is 24.5 Å². The van der Waals surface area contributed by atoms with Crippen molar-refractivity contribution in [2.75, 3.05) is 27.1 Å². The van der Waals surface area contributed by atoms with E-state index >= 15 is 0 Å². The van der Waals surface area contributed by atoms with Crippen molar-refractivity contribution in [2.24, 2.45) is 0 Å². The van der Waals surface area contributed by atoms with Gasteiger partial charge in [0.2, 0.25) is 0 Å². The molecule has 7 aromatic rings. The van der Waals surface area contributed by atoms with E-state index in [-0.39, 0.29) is 27.8 Å². The predicted octanol–water partition coefficient (Wildman–Crippen LogP) is 5.49. The monoisotopic (exact) mass is 1130 g/mol. The summed E-state index contributed by atoms with van der Waals surface area (Å²) in [5.74, 6) is -1.50. The van der Waals surface area contributed by atoms with Crippen LogP contribution in [0.4, 0.5) is 0 Å². The predicted molar refractivity (Wildman–Crippen MR) is 276 cm³/mol. The summed E-state index contributed by atoms with van der Waals surface area (Å²) in [7, 11) is -3.94. The molecule has 2 aliphatic rings. The van der Waals surface area contributed by atoms with Crippen LogP contribution in [0.2, 0.25) is 10.0 Å². The summed E-state index contributed by atoms with van der Waals surface area (Å²) in [5.41, 5.74) is -3.15. The number of aromatic nitrogens is 4. The second kappa shape index (κ2) is 24.1. The molecule has 0 saturated carbocycles. The van der Waals surface area contributed by atoms with E-state index in [1.807, 2.05) is 72.8 Å². The van der Waals surface area contributed by atoms with Gasteiger partial charge in [0.05, 0.1) is 41.5 Å². The standard InChI is InChI=1S/C53H47Cl2N4O18P/c1-69-34-22-20-33(21-23-34)53(31-12-4-2-5-13-31,32-14-6-3-7-15-32)72-29-40-43(45(75-49(62)35-16-8-10-18-37(35)54)47(74-40)58-26-24-41(60)56-51(58)64)71-30-70-28-39-44(77-78(66,67)68)46(76-50(63)36-17-9-11-19-38(36)55)48(73-39)59-27-25-42(61)57-52(59)65/h2-27,39-40,43-48H,28-30H2,1H3,(H,56,60,64)(H,57,61,65)(H2,66,67,68)/t39-,40-,43-,44-,45-,46-,47-,48-/m1/s1. The number of carbonyl (C=O) groups is 2. The summed E-state index contributed by atoms with van der Waals surface area (Å²) in [4.78, 5) is 104. The van der Waals surface area contributed by atoms with E-state index in [2.05, 4.69) is 9.97 Å². The van der Waals surface area contributed by atoms with Crippen LogP contribution in [0.15, 0.2) is 177 Å². The molecule has 2 aliphatic heterocycles. The van der Waals surface area contributed by atoms with Crippen LogP contribution in [-0.4, -0.2) is 105 Å². The average Bonchev–Trinajstić information content (AvgIpc) is 4.07. The second-order valence-electron chi connectivity index (χ2n) is 17.5. The number of rotatable bonds is 20. The third-order valence-corrected chi connectivity index (χ3v) is 13.9. The molecule has 0 unspecified atom stereocenters. The Kier molecular flexibility index (Phi) is 17.2.